The number of likely N-dealkylation sites (tertiary alicyclic amines) is 1. The minimum absolute atomic E-state index is 0.146. The largest absolute Gasteiger partial charge is 0.339 e. The van der Waals surface area contributed by atoms with Crippen LogP contribution in [0.4, 0.5) is 0 Å². The summed E-state index contributed by atoms with van der Waals surface area (Å²) in [4.78, 5) is 14.4. The average molecular weight is 352 g/mol. The molecular formula is C15H18ClN5OS. The summed E-state index contributed by atoms with van der Waals surface area (Å²) in [6, 6.07) is 7.58. The van der Waals surface area contributed by atoms with Gasteiger partial charge < -0.3 is 4.90 Å². The minimum Gasteiger partial charge on any atom is -0.339 e. The molecule has 3 rings (SSSR count). The van der Waals surface area contributed by atoms with E-state index in [-0.39, 0.29) is 5.91 Å². The number of hydrogen-bond donors (Lipinski definition) is 0. The van der Waals surface area contributed by atoms with Gasteiger partial charge in [0.25, 0.3) is 0 Å². The average Bonchev–Trinajstić information content (AvgIpc) is 3.02. The molecule has 6 nitrogen and oxygen atoms in total. The topological polar surface area (TPSA) is 63.9 Å². The lowest BCUT2D eigenvalue weighted by Gasteiger charge is -2.33. The van der Waals surface area contributed by atoms with Crippen molar-refractivity contribution in [3.05, 3.63) is 29.3 Å². The van der Waals surface area contributed by atoms with Crippen molar-refractivity contribution < 1.29 is 4.79 Å². The van der Waals surface area contributed by atoms with Gasteiger partial charge in [-0.3, -0.25) is 4.79 Å². The molecule has 0 spiro atoms. The van der Waals surface area contributed by atoms with Crippen molar-refractivity contribution in [2.24, 2.45) is 0 Å². The van der Waals surface area contributed by atoms with Gasteiger partial charge in [0.2, 0.25) is 11.1 Å². The summed E-state index contributed by atoms with van der Waals surface area (Å²) >= 11 is 7.26. The van der Waals surface area contributed by atoms with Gasteiger partial charge in [-0.1, -0.05) is 23.4 Å². The standard InChI is InChI=1S/C15H18ClN5OS/c1-11-4-2-3-9-20(11)14(22)10-23-15-17-18-19-21(15)13-7-5-12(16)6-8-13/h5-8,11H,2-4,9-10H2,1H3/t11-/m1/s1. The van der Waals surface area contributed by atoms with E-state index in [0.29, 0.717) is 22.0 Å². The first-order valence-electron chi connectivity index (χ1n) is 7.62. The number of aromatic nitrogens is 4. The van der Waals surface area contributed by atoms with Crippen LogP contribution in [-0.4, -0.2) is 49.4 Å². The third-order valence-corrected chi connectivity index (χ3v) is 5.12. The van der Waals surface area contributed by atoms with Gasteiger partial charge in [0.1, 0.15) is 0 Å². The van der Waals surface area contributed by atoms with E-state index in [1.54, 1.807) is 16.8 Å². The van der Waals surface area contributed by atoms with Crippen molar-refractivity contribution in [2.45, 2.75) is 37.4 Å². The summed E-state index contributed by atoms with van der Waals surface area (Å²) in [5.41, 5.74) is 0.820. The molecule has 0 N–H and O–H groups in total. The van der Waals surface area contributed by atoms with Gasteiger partial charge in [-0.2, -0.15) is 4.68 Å². The highest BCUT2D eigenvalue weighted by Gasteiger charge is 2.23. The molecule has 1 atom stereocenters. The Bertz CT molecular complexity index is 675. The van der Waals surface area contributed by atoms with E-state index >= 15 is 0 Å². The Labute approximate surface area is 144 Å². The Morgan fingerprint density at radius 2 is 2.13 bits per heavy atom. The van der Waals surface area contributed by atoms with E-state index in [1.807, 2.05) is 17.0 Å². The van der Waals surface area contributed by atoms with Crippen molar-refractivity contribution in [2.75, 3.05) is 12.3 Å². The number of hydrogen-bond acceptors (Lipinski definition) is 5. The van der Waals surface area contributed by atoms with Crippen LogP contribution in [-0.2, 0) is 4.79 Å². The number of tetrazole rings is 1. The summed E-state index contributed by atoms with van der Waals surface area (Å²) in [6.45, 7) is 2.96. The highest BCUT2D eigenvalue weighted by Crippen LogP contribution is 2.22. The predicted octanol–water partition coefficient (Wildman–Crippen LogP) is 2.81. The highest BCUT2D eigenvalue weighted by molar-refractivity contribution is 7.99. The van der Waals surface area contributed by atoms with Gasteiger partial charge in [-0.15, -0.1) is 5.10 Å². The zero-order valence-electron chi connectivity index (χ0n) is 12.9. The molecule has 1 saturated heterocycles. The van der Waals surface area contributed by atoms with E-state index in [4.69, 9.17) is 11.6 Å². The van der Waals surface area contributed by atoms with Crippen LogP contribution < -0.4 is 0 Å². The summed E-state index contributed by atoms with van der Waals surface area (Å²) < 4.78 is 1.62. The summed E-state index contributed by atoms with van der Waals surface area (Å²) in [7, 11) is 0. The fourth-order valence-electron chi connectivity index (χ4n) is 2.69. The molecule has 1 aromatic carbocycles. The second-order valence-corrected chi connectivity index (χ2v) is 6.95. The zero-order chi connectivity index (χ0) is 16.2. The number of benzene rings is 1. The SMILES string of the molecule is C[C@@H]1CCCCN1C(=O)CSc1nnnn1-c1ccc(Cl)cc1. The number of carbonyl (C=O) groups is 1. The molecule has 0 unspecified atom stereocenters. The van der Waals surface area contributed by atoms with Gasteiger partial charge in [-0.25, -0.2) is 0 Å². The van der Waals surface area contributed by atoms with Gasteiger partial charge in [0, 0.05) is 17.6 Å². The highest BCUT2D eigenvalue weighted by atomic mass is 35.5. The number of carbonyl (C=O) groups excluding carboxylic acids is 1. The first-order chi connectivity index (χ1) is 11.1. The van der Waals surface area contributed by atoms with E-state index in [9.17, 15) is 4.79 Å². The van der Waals surface area contributed by atoms with E-state index in [1.165, 1.54) is 18.2 Å². The normalized spacial score (nSPS) is 18.2. The molecule has 1 fully saturated rings. The van der Waals surface area contributed by atoms with Crippen LogP contribution >= 0.6 is 23.4 Å². The molecule has 0 saturated carbocycles. The molecule has 1 aliphatic heterocycles. The van der Waals surface area contributed by atoms with Crippen molar-refractivity contribution >= 4 is 29.3 Å². The number of thioether (sulfide) groups is 1. The number of piperidine rings is 1. The van der Waals surface area contributed by atoms with E-state index in [0.717, 1.165) is 25.1 Å². The quantitative estimate of drug-likeness (QED) is 0.792. The van der Waals surface area contributed by atoms with Crippen molar-refractivity contribution in [3.8, 4) is 5.69 Å². The molecule has 8 heteroatoms. The Morgan fingerprint density at radius 1 is 1.35 bits per heavy atom. The summed E-state index contributed by atoms with van der Waals surface area (Å²) in [5.74, 6) is 0.492. The number of amides is 1. The molecule has 2 aromatic rings. The van der Waals surface area contributed by atoms with Crippen LogP contribution in [0.2, 0.25) is 5.02 Å². The second kappa shape index (κ2) is 7.31. The molecule has 122 valence electrons. The van der Waals surface area contributed by atoms with Gasteiger partial charge in [0.05, 0.1) is 11.4 Å². The zero-order valence-corrected chi connectivity index (χ0v) is 14.4. The lowest BCUT2D eigenvalue weighted by Crippen LogP contribution is -2.42. The summed E-state index contributed by atoms with van der Waals surface area (Å²) in [5, 5.41) is 13.0. The van der Waals surface area contributed by atoms with Gasteiger partial charge in [-0.05, 0) is 60.9 Å². The lowest BCUT2D eigenvalue weighted by atomic mass is 10.0. The molecule has 1 amide bonds. The predicted molar refractivity (Wildman–Crippen MR) is 89.9 cm³/mol. The molecule has 0 bridgehead atoms. The lowest BCUT2D eigenvalue weighted by molar-refractivity contribution is -0.131. The van der Waals surface area contributed by atoms with Crippen LogP contribution in [0.15, 0.2) is 29.4 Å². The fourth-order valence-corrected chi connectivity index (χ4v) is 3.59. The number of halogens is 1. The third-order valence-electron chi connectivity index (χ3n) is 3.96. The molecule has 1 aromatic heterocycles. The van der Waals surface area contributed by atoms with Crippen molar-refractivity contribution in [3.63, 3.8) is 0 Å². The monoisotopic (exact) mass is 351 g/mol. The maximum atomic E-state index is 12.4. The molecule has 2 heterocycles. The third kappa shape index (κ3) is 3.84. The maximum absolute atomic E-state index is 12.4. The maximum Gasteiger partial charge on any atom is 0.233 e. The second-order valence-electron chi connectivity index (χ2n) is 5.57. The molecule has 0 aliphatic carbocycles. The minimum atomic E-state index is 0.146. The van der Waals surface area contributed by atoms with Gasteiger partial charge >= 0.3 is 0 Å². The fraction of sp³-hybridized carbons (Fsp3) is 0.467. The van der Waals surface area contributed by atoms with Crippen LogP contribution in [0.1, 0.15) is 26.2 Å². The van der Waals surface area contributed by atoms with Crippen LogP contribution in [0.25, 0.3) is 5.69 Å². The van der Waals surface area contributed by atoms with Crippen LogP contribution in [0.3, 0.4) is 0 Å². The Balaban J connectivity index is 1.66. The van der Waals surface area contributed by atoms with Crippen molar-refractivity contribution in [1.82, 2.24) is 25.1 Å². The Kier molecular flexibility index (Phi) is 5.17. The van der Waals surface area contributed by atoms with Crippen molar-refractivity contribution in [1.29, 1.82) is 0 Å². The molecule has 23 heavy (non-hydrogen) atoms. The van der Waals surface area contributed by atoms with E-state index in [2.05, 4.69) is 22.4 Å². The number of rotatable bonds is 4. The Morgan fingerprint density at radius 3 is 2.87 bits per heavy atom. The first-order valence-corrected chi connectivity index (χ1v) is 8.98. The molecule has 0 radical (unpaired) electrons. The van der Waals surface area contributed by atoms with Crippen LogP contribution in [0, 0.1) is 0 Å². The van der Waals surface area contributed by atoms with E-state index < -0.39 is 0 Å². The van der Waals surface area contributed by atoms with Crippen LogP contribution in [0.5, 0.6) is 0 Å². The Hall–Kier alpha value is -1.60. The van der Waals surface area contributed by atoms with Gasteiger partial charge in [0.15, 0.2) is 0 Å². The smallest absolute Gasteiger partial charge is 0.233 e. The molecular weight excluding hydrogens is 334 g/mol. The first kappa shape index (κ1) is 16.3. The number of nitrogens with zero attached hydrogens (tertiary/aromatic N) is 5. The molecule has 1 aliphatic rings. The summed E-state index contributed by atoms with van der Waals surface area (Å²) in [6.07, 6.45) is 3.37.